The summed E-state index contributed by atoms with van der Waals surface area (Å²) >= 11 is 7.95. The Morgan fingerprint density at radius 2 is 2.31 bits per heavy atom. The number of Topliss-reactive ketones (excluding diaryl/α,β-unsaturated/α-hetero) is 1. The van der Waals surface area contributed by atoms with Crippen molar-refractivity contribution in [3.63, 3.8) is 0 Å². The molecule has 1 nitrogen and oxygen atoms in total. The Labute approximate surface area is 95.6 Å². The first kappa shape index (κ1) is 10.6. The monoisotopic (exact) mass is 304 g/mol. The van der Waals surface area contributed by atoms with Gasteiger partial charge in [0.1, 0.15) is 0 Å². The van der Waals surface area contributed by atoms with Gasteiger partial charge in [0.05, 0.1) is 11.4 Å². The second-order valence-corrected chi connectivity index (χ2v) is 4.00. The Hall–Kier alpha value is -0.530. The average molecular weight is 305 g/mol. The molecule has 0 aliphatic heterocycles. The minimum Gasteiger partial charge on any atom is -0.293 e. The van der Waals surface area contributed by atoms with Crippen LogP contribution in [-0.4, -0.2) is 5.78 Å². The average Bonchev–Trinajstić information content (AvgIpc) is 2.10. The van der Waals surface area contributed by atoms with E-state index in [9.17, 15) is 4.79 Å². The molecule has 0 fully saturated rings. The molecule has 0 amide bonds. The van der Waals surface area contributed by atoms with Gasteiger partial charge in [0, 0.05) is 9.13 Å². The van der Waals surface area contributed by atoms with Gasteiger partial charge in [0.25, 0.3) is 0 Å². The molecule has 0 aliphatic rings. The zero-order valence-electron chi connectivity index (χ0n) is 6.68. The number of terminal acetylenes is 1. The van der Waals surface area contributed by atoms with Crippen LogP contribution in [0.25, 0.3) is 0 Å². The van der Waals surface area contributed by atoms with E-state index >= 15 is 0 Å². The topological polar surface area (TPSA) is 17.1 Å². The summed E-state index contributed by atoms with van der Waals surface area (Å²) in [5, 5.41) is 0.587. The van der Waals surface area contributed by atoms with E-state index < -0.39 is 0 Å². The lowest BCUT2D eigenvalue weighted by molar-refractivity contribution is 0.0998. The molecule has 0 radical (unpaired) electrons. The largest absolute Gasteiger partial charge is 0.293 e. The lowest BCUT2D eigenvalue weighted by atomic mass is 10.1. The summed E-state index contributed by atoms with van der Waals surface area (Å²) < 4.78 is 0.927. The molecule has 0 N–H and O–H groups in total. The molecule has 0 bridgehead atoms. The fourth-order valence-electron chi connectivity index (χ4n) is 0.864. The van der Waals surface area contributed by atoms with E-state index in [1.54, 1.807) is 18.2 Å². The van der Waals surface area contributed by atoms with Crippen molar-refractivity contribution in [3.8, 4) is 12.3 Å². The number of carbonyl (C=O) groups excluding carboxylic acids is 1. The highest BCUT2D eigenvalue weighted by Crippen LogP contribution is 2.20. The predicted octanol–water partition coefficient (Wildman–Crippen LogP) is 3.15. The van der Waals surface area contributed by atoms with Gasteiger partial charge in [0.15, 0.2) is 5.78 Å². The first-order valence-electron chi connectivity index (χ1n) is 3.57. The molecule has 0 spiro atoms. The standard InChI is InChI=1S/C10H6ClIO/c1-2-3-10(13)7-4-5-9(12)8(11)6-7/h1,4-6H,3H2. The van der Waals surface area contributed by atoms with Crippen LogP contribution in [0.4, 0.5) is 0 Å². The minimum atomic E-state index is -0.0687. The van der Waals surface area contributed by atoms with Crippen LogP contribution in [0.2, 0.25) is 5.02 Å². The van der Waals surface area contributed by atoms with Gasteiger partial charge >= 0.3 is 0 Å². The fourth-order valence-corrected chi connectivity index (χ4v) is 1.38. The number of ketones is 1. The van der Waals surface area contributed by atoms with Gasteiger partial charge in [-0.25, -0.2) is 0 Å². The molecule has 1 aromatic rings. The number of halogens is 2. The third kappa shape index (κ3) is 2.71. The third-order valence-corrected chi connectivity index (χ3v) is 3.08. The zero-order chi connectivity index (χ0) is 9.84. The molecule has 0 unspecified atom stereocenters. The van der Waals surface area contributed by atoms with Gasteiger partial charge < -0.3 is 0 Å². The smallest absolute Gasteiger partial charge is 0.174 e. The Morgan fingerprint density at radius 3 is 2.85 bits per heavy atom. The minimum absolute atomic E-state index is 0.0687. The Morgan fingerprint density at radius 1 is 1.62 bits per heavy atom. The summed E-state index contributed by atoms with van der Waals surface area (Å²) in [5.74, 6) is 2.24. The second-order valence-electron chi connectivity index (χ2n) is 2.43. The van der Waals surface area contributed by atoms with E-state index in [1.807, 2.05) is 0 Å². The van der Waals surface area contributed by atoms with E-state index in [0.29, 0.717) is 10.6 Å². The molecule has 3 heteroatoms. The van der Waals surface area contributed by atoms with Crippen molar-refractivity contribution in [1.82, 2.24) is 0 Å². The maximum atomic E-state index is 11.3. The van der Waals surface area contributed by atoms with Crippen LogP contribution in [0.5, 0.6) is 0 Å². The first-order valence-corrected chi connectivity index (χ1v) is 5.02. The van der Waals surface area contributed by atoms with Crippen molar-refractivity contribution in [1.29, 1.82) is 0 Å². The van der Waals surface area contributed by atoms with Gasteiger partial charge in [-0.3, -0.25) is 4.79 Å². The summed E-state index contributed by atoms with van der Waals surface area (Å²) in [6.45, 7) is 0. The molecule has 1 rings (SSSR count). The van der Waals surface area contributed by atoms with Crippen molar-refractivity contribution in [2.45, 2.75) is 6.42 Å². The number of carbonyl (C=O) groups is 1. The molecule has 66 valence electrons. The van der Waals surface area contributed by atoms with E-state index in [-0.39, 0.29) is 12.2 Å². The molecule has 0 saturated heterocycles. The summed E-state index contributed by atoms with van der Waals surface area (Å²) in [5.41, 5.74) is 0.573. The maximum absolute atomic E-state index is 11.3. The molecule has 0 atom stereocenters. The van der Waals surface area contributed by atoms with Crippen LogP contribution < -0.4 is 0 Å². The summed E-state index contributed by atoms with van der Waals surface area (Å²) in [7, 11) is 0. The Balaban J connectivity index is 2.98. The molecule has 0 aliphatic carbocycles. The molecule has 13 heavy (non-hydrogen) atoms. The first-order chi connectivity index (χ1) is 6.15. The lowest BCUT2D eigenvalue weighted by Gasteiger charge is -1.99. The van der Waals surface area contributed by atoms with Crippen LogP contribution in [0.15, 0.2) is 18.2 Å². The van der Waals surface area contributed by atoms with Gasteiger partial charge in [-0.05, 0) is 34.7 Å². The summed E-state index contributed by atoms with van der Waals surface area (Å²) in [6, 6.07) is 5.17. The quantitative estimate of drug-likeness (QED) is 0.466. The van der Waals surface area contributed by atoms with Crippen molar-refractivity contribution in [2.24, 2.45) is 0 Å². The predicted molar refractivity (Wildman–Crippen MR) is 61.9 cm³/mol. The highest BCUT2D eigenvalue weighted by atomic mass is 127. The maximum Gasteiger partial charge on any atom is 0.174 e. The lowest BCUT2D eigenvalue weighted by Crippen LogP contribution is -1.97. The third-order valence-electron chi connectivity index (χ3n) is 1.50. The highest BCUT2D eigenvalue weighted by molar-refractivity contribution is 14.1. The Bertz CT molecular complexity index is 379. The van der Waals surface area contributed by atoms with Crippen molar-refractivity contribution < 1.29 is 4.79 Å². The van der Waals surface area contributed by atoms with Crippen molar-refractivity contribution >= 4 is 40.0 Å². The number of hydrogen-bond acceptors (Lipinski definition) is 1. The van der Waals surface area contributed by atoms with Crippen molar-refractivity contribution in [2.75, 3.05) is 0 Å². The van der Waals surface area contributed by atoms with E-state index in [1.165, 1.54) is 0 Å². The van der Waals surface area contributed by atoms with Crippen LogP contribution in [0.3, 0.4) is 0 Å². The van der Waals surface area contributed by atoms with Crippen LogP contribution in [-0.2, 0) is 0 Å². The molecule has 0 heterocycles. The normalized spacial score (nSPS) is 9.31. The van der Waals surface area contributed by atoms with Gasteiger partial charge in [-0.15, -0.1) is 6.42 Å². The highest BCUT2D eigenvalue weighted by Gasteiger charge is 2.05. The molecule has 0 aromatic heterocycles. The van der Waals surface area contributed by atoms with E-state index in [4.69, 9.17) is 18.0 Å². The number of hydrogen-bond donors (Lipinski definition) is 0. The second kappa shape index (κ2) is 4.64. The fraction of sp³-hybridized carbons (Fsp3) is 0.100. The van der Waals surface area contributed by atoms with Crippen molar-refractivity contribution in [3.05, 3.63) is 32.4 Å². The molecular weight excluding hydrogens is 298 g/mol. The Kier molecular flexibility index (Phi) is 3.76. The zero-order valence-corrected chi connectivity index (χ0v) is 9.59. The number of rotatable bonds is 2. The molecule has 0 saturated carbocycles. The van der Waals surface area contributed by atoms with Crippen LogP contribution >= 0.6 is 34.2 Å². The van der Waals surface area contributed by atoms with E-state index in [2.05, 4.69) is 28.5 Å². The summed E-state index contributed by atoms with van der Waals surface area (Å²) in [6.07, 6.45) is 5.15. The van der Waals surface area contributed by atoms with Crippen LogP contribution in [0, 0.1) is 15.9 Å². The van der Waals surface area contributed by atoms with Gasteiger partial charge in [-0.1, -0.05) is 23.6 Å². The van der Waals surface area contributed by atoms with E-state index in [0.717, 1.165) is 3.57 Å². The van der Waals surface area contributed by atoms with Gasteiger partial charge in [0.2, 0.25) is 0 Å². The number of benzene rings is 1. The summed E-state index contributed by atoms with van der Waals surface area (Å²) in [4.78, 5) is 11.3. The van der Waals surface area contributed by atoms with Gasteiger partial charge in [-0.2, -0.15) is 0 Å². The molecular formula is C10H6ClIO. The SMILES string of the molecule is C#CCC(=O)c1ccc(I)c(Cl)c1. The molecule has 1 aromatic carbocycles. The van der Waals surface area contributed by atoms with Crippen LogP contribution in [0.1, 0.15) is 16.8 Å².